The first-order valence-electron chi connectivity index (χ1n) is 4.71. The minimum Gasteiger partial charge on any atom is -0.383 e. The molecule has 0 aliphatic rings. The number of aliphatic imine (C=N–C) groups is 1. The van der Waals surface area contributed by atoms with Crippen molar-refractivity contribution in [2.45, 2.75) is 6.92 Å². The average Bonchev–Trinajstić information content (AvgIpc) is 2.26. The highest BCUT2D eigenvalue weighted by molar-refractivity contribution is 5.98. The minimum absolute atomic E-state index is 0.573. The highest BCUT2D eigenvalue weighted by Crippen LogP contribution is 1.99. The van der Waals surface area contributed by atoms with Gasteiger partial charge in [-0.3, -0.25) is 9.98 Å². The van der Waals surface area contributed by atoms with E-state index in [4.69, 9.17) is 10.6 Å². The molecule has 0 aliphatic heterocycles. The van der Waals surface area contributed by atoms with E-state index in [1.807, 2.05) is 19.1 Å². The quantitative estimate of drug-likeness (QED) is 0.244. The zero-order valence-corrected chi connectivity index (χ0v) is 9.03. The van der Waals surface area contributed by atoms with E-state index in [1.54, 1.807) is 13.3 Å². The van der Waals surface area contributed by atoms with Crippen LogP contribution in [0.3, 0.4) is 0 Å². The van der Waals surface area contributed by atoms with Gasteiger partial charge >= 0.3 is 0 Å². The number of nitrogens with two attached hydrogens (primary N) is 1. The number of amidine groups is 1. The lowest BCUT2D eigenvalue weighted by atomic mass is 10.2. The molecule has 1 rings (SSSR count). The van der Waals surface area contributed by atoms with Gasteiger partial charge in [0.05, 0.1) is 13.2 Å². The first-order valence-corrected chi connectivity index (χ1v) is 4.71. The fourth-order valence-electron chi connectivity index (χ4n) is 1.08. The van der Waals surface area contributed by atoms with Crippen LogP contribution >= 0.6 is 0 Å². The van der Waals surface area contributed by atoms with E-state index in [0.717, 1.165) is 11.3 Å². The predicted molar refractivity (Wildman–Crippen MR) is 59.6 cm³/mol. The van der Waals surface area contributed by atoms with Gasteiger partial charge in [0.15, 0.2) is 0 Å². The summed E-state index contributed by atoms with van der Waals surface area (Å²) in [6.45, 7) is 3.08. The van der Waals surface area contributed by atoms with Crippen LogP contribution in [0.5, 0.6) is 0 Å². The molecule has 0 unspecified atom stereocenters. The summed E-state index contributed by atoms with van der Waals surface area (Å²) in [6, 6.07) is 3.84. The van der Waals surface area contributed by atoms with Crippen molar-refractivity contribution in [3.63, 3.8) is 0 Å². The number of nitrogens with one attached hydrogen (secondary N) is 1. The van der Waals surface area contributed by atoms with Gasteiger partial charge in [-0.2, -0.15) is 0 Å². The minimum atomic E-state index is 0.573. The summed E-state index contributed by atoms with van der Waals surface area (Å²) >= 11 is 0. The molecular formula is C10H16N4O. The lowest BCUT2D eigenvalue weighted by molar-refractivity contribution is 0.208. The summed E-state index contributed by atoms with van der Waals surface area (Å²) in [5.41, 5.74) is 4.39. The number of hydrogen-bond donors (Lipinski definition) is 2. The number of rotatable bonds is 4. The molecule has 5 heteroatoms. The summed E-state index contributed by atoms with van der Waals surface area (Å²) < 4.78 is 4.90. The van der Waals surface area contributed by atoms with Crippen LogP contribution in [0.4, 0.5) is 0 Å². The molecule has 0 saturated carbocycles. The van der Waals surface area contributed by atoms with Gasteiger partial charge in [-0.1, -0.05) is 0 Å². The van der Waals surface area contributed by atoms with Gasteiger partial charge in [-0.15, -0.1) is 0 Å². The van der Waals surface area contributed by atoms with Crippen molar-refractivity contribution in [2.75, 3.05) is 20.3 Å². The standard InChI is InChI=1S/C10H16N4O/c1-8-3-4-9(7-13-8)10(14-11)12-5-6-15-2/h3-4,7H,5-6,11H2,1-2H3,(H,12,14). The van der Waals surface area contributed by atoms with Crippen LogP contribution in [0.1, 0.15) is 11.3 Å². The van der Waals surface area contributed by atoms with E-state index in [9.17, 15) is 0 Å². The van der Waals surface area contributed by atoms with E-state index >= 15 is 0 Å². The summed E-state index contributed by atoms with van der Waals surface area (Å²) in [5, 5.41) is 0. The smallest absolute Gasteiger partial charge is 0.144 e. The number of hydrogen-bond acceptors (Lipinski definition) is 4. The molecule has 15 heavy (non-hydrogen) atoms. The molecule has 1 aromatic heterocycles. The lowest BCUT2D eigenvalue weighted by Crippen LogP contribution is -2.31. The maximum atomic E-state index is 5.38. The van der Waals surface area contributed by atoms with Crippen LogP contribution in [0.15, 0.2) is 23.3 Å². The van der Waals surface area contributed by atoms with Crippen LogP contribution in [-0.4, -0.2) is 31.1 Å². The maximum Gasteiger partial charge on any atom is 0.144 e. The summed E-state index contributed by atoms with van der Waals surface area (Å²) in [6.07, 6.45) is 1.74. The lowest BCUT2D eigenvalue weighted by Gasteiger charge is -2.05. The molecule has 0 radical (unpaired) electrons. The Morgan fingerprint density at radius 2 is 2.40 bits per heavy atom. The topological polar surface area (TPSA) is 72.5 Å². The van der Waals surface area contributed by atoms with Crippen molar-refractivity contribution in [3.8, 4) is 0 Å². The van der Waals surface area contributed by atoms with Crippen molar-refractivity contribution in [1.29, 1.82) is 0 Å². The number of aromatic nitrogens is 1. The van der Waals surface area contributed by atoms with Gasteiger partial charge in [0, 0.05) is 24.6 Å². The predicted octanol–water partition coefficient (Wildman–Crippen LogP) is 0.246. The Labute approximate surface area is 89.3 Å². The third kappa shape index (κ3) is 3.65. The molecule has 0 amide bonds. The first kappa shape index (κ1) is 11.6. The molecule has 0 saturated heterocycles. The molecule has 0 aromatic carbocycles. The second kappa shape index (κ2) is 6.10. The molecular weight excluding hydrogens is 192 g/mol. The molecule has 1 heterocycles. The van der Waals surface area contributed by atoms with Crippen LogP contribution in [0.25, 0.3) is 0 Å². The maximum absolute atomic E-state index is 5.38. The molecule has 5 nitrogen and oxygen atoms in total. The van der Waals surface area contributed by atoms with Crippen molar-refractivity contribution in [3.05, 3.63) is 29.6 Å². The average molecular weight is 208 g/mol. The van der Waals surface area contributed by atoms with Crippen LogP contribution in [0, 0.1) is 6.92 Å². The molecule has 3 N–H and O–H groups in total. The number of pyridine rings is 1. The van der Waals surface area contributed by atoms with Crippen LogP contribution in [0.2, 0.25) is 0 Å². The Kier molecular flexibility index (Phi) is 4.73. The fraction of sp³-hybridized carbons (Fsp3) is 0.400. The Balaban J connectivity index is 2.73. The molecule has 0 aliphatic carbocycles. The Hall–Kier alpha value is -1.46. The third-order valence-corrected chi connectivity index (χ3v) is 1.89. The van der Waals surface area contributed by atoms with Crippen molar-refractivity contribution in [2.24, 2.45) is 10.8 Å². The zero-order chi connectivity index (χ0) is 11.1. The molecule has 0 fully saturated rings. The second-order valence-electron chi connectivity index (χ2n) is 3.06. The number of hydrazine groups is 1. The molecule has 1 aromatic rings. The highest BCUT2D eigenvalue weighted by atomic mass is 16.5. The van der Waals surface area contributed by atoms with Gasteiger partial charge in [-0.25, -0.2) is 5.84 Å². The summed E-state index contributed by atoms with van der Waals surface area (Å²) in [5.74, 6) is 6.00. The van der Waals surface area contributed by atoms with Crippen LogP contribution < -0.4 is 11.3 Å². The van der Waals surface area contributed by atoms with Gasteiger partial charge in [0.1, 0.15) is 5.84 Å². The van der Waals surface area contributed by atoms with Gasteiger partial charge < -0.3 is 10.2 Å². The Bertz CT molecular complexity index is 321. The van der Waals surface area contributed by atoms with Gasteiger partial charge in [0.25, 0.3) is 0 Å². The largest absolute Gasteiger partial charge is 0.383 e. The van der Waals surface area contributed by atoms with E-state index < -0.39 is 0 Å². The van der Waals surface area contributed by atoms with E-state index in [-0.39, 0.29) is 0 Å². The first-order chi connectivity index (χ1) is 7.27. The summed E-state index contributed by atoms with van der Waals surface area (Å²) in [4.78, 5) is 8.42. The fourth-order valence-corrected chi connectivity index (χ4v) is 1.08. The molecule has 0 atom stereocenters. The SMILES string of the molecule is COCCN=C(NN)c1ccc(C)nc1. The summed E-state index contributed by atoms with van der Waals surface area (Å²) in [7, 11) is 1.64. The Morgan fingerprint density at radius 1 is 1.60 bits per heavy atom. The number of aryl methyl sites for hydroxylation is 1. The third-order valence-electron chi connectivity index (χ3n) is 1.89. The molecule has 0 spiro atoms. The number of nitrogens with zero attached hydrogens (tertiary/aromatic N) is 2. The van der Waals surface area contributed by atoms with Gasteiger partial charge in [-0.05, 0) is 19.1 Å². The van der Waals surface area contributed by atoms with Crippen molar-refractivity contribution < 1.29 is 4.74 Å². The second-order valence-corrected chi connectivity index (χ2v) is 3.06. The van der Waals surface area contributed by atoms with Crippen LogP contribution in [-0.2, 0) is 4.74 Å². The van der Waals surface area contributed by atoms with Gasteiger partial charge in [0.2, 0.25) is 0 Å². The van der Waals surface area contributed by atoms with E-state index in [2.05, 4.69) is 15.4 Å². The monoisotopic (exact) mass is 208 g/mol. The van der Waals surface area contributed by atoms with E-state index in [1.165, 1.54) is 0 Å². The number of ether oxygens (including phenoxy) is 1. The van der Waals surface area contributed by atoms with Crippen molar-refractivity contribution >= 4 is 5.84 Å². The number of methoxy groups -OCH3 is 1. The highest BCUT2D eigenvalue weighted by Gasteiger charge is 2.00. The zero-order valence-electron chi connectivity index (χ0n) is 9.03. The Morgan fingerprint density at radius 3 is 2.93 bits per heavy atom. The van der Waals surface area contributed by atoms with Crippen molar-refractivity contribution in [1.82, 2.24) is 10.4 Å². The normalized spacial score (nSPS) is 11.5. The van der Waals surface area contributed by atoms with E-state index in [0.29, 0.717) is 19.0 Å². The molecule has 0 bridgehead atoms. The molecule has 82 valence electrons.